The first-order valence-electron chi connectivity index (χ1n) is 7.67. The summed E-state index contributed by atoms with van der Waals surface area (Å²) in [6.45, 7) is 4.30. The summed E-state index contributed by atoms with van der Waals surface area (Å²) in [6, 6.07) is 16.0. The van der Waals surface area contributed by atoms with Gasteiger partial charge in [0.05, 0.1) is 15.9 Å². The van der Waals surface area contributed by atoms with E-state index in [1.165, 1.54) is 4.70 Å². The van der Waals surface area contributed by atoms with E-state index < -0.39 is 0 Å². The molecule has 0 N–H and O–H groups in total. The van der Waals surface area contributed by atoms with E-state index in [1.54, 1.807) is 11.3 Å². The Labute approximate surface area is 143 Å². The van der Waals surface area contributed by atoms with E-state index in [2.05, 4.69) is 21.1 Å². The van der Waals surface area contributed by atoms with Crippen LogP contribution in [0, 0.1) is 13.8 Å². The molecule has 2 aromatic heterocycles. The summed E-state index contributed by atoms with van der Waals surface area (Å²) in [5.41, 5.74) is 1.99. The van der Waals surface area contributed by atoms with Gasteiger partial charge in [0.25, 0.3) is 0 Å². The minimum absolute atomic E-state index is 0.472. The van der Waals surface area contributed by atoms with Crippen LogP contribution in [0.5, 0.6) is 5.75 Å². The minimum atomic E-state index is 0.472. The van der Waals surface area contributed by atoms with Crippen LogP contribution in [0.4, 0.5) is 0 Å². The Kier molecular flexibility index (Phi) is 3.74. The number of ether oxygens (including phenoxy) is 1. The molecule has 0 spiro atoms. The maximum atomic E-state index is 5.85. The van der Waals surface area contributed by atoms with Crippen molar-refractivity contribution >= 4 is 21.6 Å². The second-order valence-corrected chi connectivity index (χ2v) is 6.59. The number of aromatic nitrogens is 4. The average molecular weight is 336 g/mol. The summed E-state index contributed by atoms with van der Waals surface area (Å²) in [4.78, 5) is 8.90. The number of hydrogen-bond acceptors (Lipinski definition) is 5. The molecule has 0 bridgehead atoms. The molecule has 0 unspecified atom stereocenters. The van der Waals surface area contributed by atoms with Crippen LogP contribution in [0.1, 0.15) is 16.7 Å². The van der Waals surface area contributed by atoms with Gasteiger partial charge >= 0.3 is 0 Å². The van der Waals surface area contributed by atoms with Crippen molar-refractivity contribution in [2.75, 3.05) is 0 Å². The van der Waals surface area contributed by atoms with E-state index in [0.29, 0.717) is 6.61 Å². The molecule has 4 aromatic rings. The first-order valence-corrected chi connectivity index (χ1v) is 8.49. The Bertz CT molecular complexity index is 955. The second kappa shape index (κ2) is 6.05. The fourth-order valence-electron chi connectivity index (χ4n) is 2.58. The van der Waals surface area contributed by atoms with Gasteiger partial charge < -0.3 is 4.74 Å². The Hall–Kier alpha value is -2.73. The molecule has 0 amide bonds. The zero-order valence-electron chi connectivity index (χ0n) is 13.4. The van der Waals surface area contributed by atoms with Gasteiger partial charge in [0.2, 0.25) is 0 Å². The van der Waals surface area contributed by atoms with Gasteiger partial charge in [-0.3, -0.25) is 0 Å². The van der Waals surface area contributed by atoms with Crippen LogP contribution < -0.4 is 4.74 Å². The number of hydrogen-bond donors (Lipinski definition) is 0. The SMILES string of the molecule is Cc1nc(C)n(-c2ccc(OCc3nc4ccccc4s3)cc2)n1. The molecular weight excluding hydrogens is 320 g/mol. The molecule has 6 heteroatoms. The zero-order chi connectivity index (χ0) is 16.5. The van der Waals surface area contributed by atoms with Gasteiger partial charge in [-0.15, -0.1) is 11.3 Å². The number of aryl methyl sites for hydroxylation is 2. The molecule has 120 valence electrons. The summed E-state index contributed by atoms with van der Waals surface area (Å²) in [5.74, 6) is 2.45. The van der Waals surface area contributed by atoms with E-state index in [1.807, 2.05) is 61.0 Å². The van der Waals surface area contributed by atoms with E-state index in [9.17, 15) is 0 Å². The van der Waals surface area contributed by atoms with Crippen molar-refractivity contribution in [1.82, 2.24) is 19.7 Å². The second-order valence-electron chi connectivity index (χ2n) is 5.48. The highest BCUT2D eigenvalue weighted by molar-refractivity contribution is 7.18. The van der Waals surface area contributed by atoms with Crippen molar-refractivity contribution in [3.05, 3.63) is 65.2 Å². The number of fused-ring (bicyclic) bond motifs is 1. The largest absolute Gasteiger partial charge is 0.486 e. The van der Waals surface area contributed by atoms with Crippen LogP contribution in [-0.4, -0.2) is 19.7 Å². The molecule has 2 aromatic carbocycles. The van der Waals surface area contributed by atoms with Crippen molar-refractivity contribution < 1.29 is 4.74 Å². The molecule has 24 heavy (non-hydrogen) atoms. The lowest BCUT2D eigenvalue weighted by atomic mass is 10.3. The molecule has 0 fully saturated rings. The van der Waals surface area contributed by atoms with Gasteiger partial charge in [-0.05, 0) is 50.2 Å². The molecule has 0 aliphatic rings. The molecule has 0 aliphatic carbocycles. The first kappa shape index (κ1) is 14.8. The van der Waals surface area contributed by atoms with Gasteiger partial charge in [-0.1, -0.05) is 12.1 Å². The highest BCUT2D eigenvalue weighted by atomic mass is 32.1. The third kappa shape index (κ3) is 2.88. The lowest BCUT2D eigenvalue weighted by Crippen LogP contribution is -2.00. The normalized spacial score (nSPS) is 11.1. The Morgan fingerprint density at radius 2 is 1.79 bits per heavy atom. The zero-order valence-corrected chi connectivity index (χ0v) is 14.2. The van der Waals surface area contributed by atoms with E-state index in [-0.39, 0.29) is 0 Å². The topological polar surface area (TPSA) is 52.8 Å². The van der Waals surface area contributed by atoms with E-state index in [0.717, 1.165) is 33.6 Å². The van der Waals surface area contributed by atoms with Gasteiger partial charge in [0, 0.05) is 0 Å². The van der Waals surface area contributed by atoms with Crippen LogP contribution in [-0.2, 0) is 6.61 Å². The summed E-state index contributed by atoms with van der Waals surface area (Å²) >= 11 is 1.66. The van der Waals surface area contributed by atoms with Gasteiger partial charge in [-0.2, -0.15) is 5.10 Å². The van der Waals surface area contributed by atoms with Crippen LogP contribution in [0.3, 0.4) is 0 Å². The van der Waals surface area contributed by atoms with Crippen LogP contribution in [0.2, 0.25) is 0 Å². The lowest BCUT2D eigenvalue weighted by molar-refractivity contribution is 0.306. The summed E-state index contributed by atoms with van der Waals surface area (Å²) < 4.78 is 8.86. The summed E-state index contributed by atoms with van der Waals surface area (Å²) in [6.07, 6.45) is 0. The molecular formula is C18H16N4OS. The first-order chi connectivity index (χ1) is 11.7. The maximum Gasteiger partial charge on any atom is 0.148 e. The van der Waals surface area contributed by atoms with Gasteiger partial charge in [0.15, 0.2) is 0 Å². The van der Waals surface area contributed by atoms with Crippen molar-refractivity contribution in [1.29, 1.82) is 0 Å². The molecule has 2 heterocycles. The van der Waals surface area contributed by atoms with Gasteiger partial charge in [0.1, 0.15) is 29.0 Å². The Morgan fingerprint density at radius 3 is 2.50 bits per heavy atom. The highest BCUT2D eigenvalue weighted by Gasteiger charge is 2.06. The predicted octanol–water partition coefficient (Wildman–Crippen LogP) is 4.07. The quantitative estimate of drug-likeness (QED) is 0.564. The molecule has 5 nitrogen and oxygen atoms in total. The smallest absolute Gasteiger partial charge is 0.148 e. The molecule has 0 aliphatic heterocycles. The predicted molar refractivity (Wildman–Crippen MR) is 94.8 cm³/mol. The monoisotopic (exact) mass is 336 g/mol. The maximum absolute atomic E-state index is 5.85. The Balaban J connectivity index is 1.48. The molecule has 4 rings (SSSR count). The van der Waals surface area contributed by atoms with Crippen molar-refractivity contribution in [3.63, 3.8) is 0 Å². The van der Waals surface area contributed by atoms with Crippen LogP contribution in [0.25, 0.3) is 15.9 Å². The molecule has 0 radical (unpaired) electrons. The minimum Gasteiger partial charge on any atom is -0.486 e. The molecule has 0 saturated heterocycles. The fourth-order valence-corrected chi connectivity index (χ4v) is 3.46. The molecule has 0 atom stereocenters. The van der Waals surface area contributed by atoms with Crippen molar-refractivity contribution in [3.8, 4) is 11.4 Å². The van der Waals surface area contributed by atoms with Crippen molar-refractivity contribution in [2.24, 2.45) is 0 Å². The lowest BCUT2D eigenvalue weighted by Gasteiger charge is -2.06. The number of nitrogens with zero attached hydrogens (tertiary/aromatic N) is 4. The summed E-state index contributed by atoms with van der Waals surface area (Å²) in [5, 5.41) is 5.36. The number of thiazole rings is 1. The highest BCUT2D eigenvalue weighted by Crippen LogP contribution is 2.23. The van der Waals surface area contributed by atoms with E-state index in [4.69, 9.17) is 4.74 Å². The molecule has 0 saturated carbocycles. The average Bonchev–Trinajstić information content (AvgIpc) is 3.15. The third-order valence-corrected chi connectivity index (χ3v) is 4.67. The fraction of sp³-hybridized carbons (Fsp3) is 0.167. The van der Waals surface area contributed by atoms with Crippen LogP contribution >= 0.6 is 11.3 Å². The third-order valence-electron chi connectivity index (χ3n) is 3.66. The number of rotatable bonds is 4. The summed E-state index contributed by atoms with van der Waals surface area (Å²) in [7, 11) is 0. The number of para-hydroxylation sites is 1. The Morgan fingerprint density at radius 1 is 1.00 bits per heavy atom. The standard InChI is InChI=1S/C18H16N4OS/c1-12-19-13(2)22(21-12)14-7-9-15(10-8-14)23-11-18-20-16-5-3-4-6-17(16)24-18/h3-10H,11H2,1-2H3. The number of benzene rings is 2. The van der Waals surface area contributed by atoms with Crippen molar-refractivity contribution in [2.45, 2.75) is 20.5 Å². The van der Waals surface area contributed by atoms with Crippen LogP contribution in [0.15, 0.2) is 48.5 Å². The van der Waals surface area contributed by atoms with E-state index >= 15 is 0 Å². The van der Waals surface area contributed by atoms with Gasteiger partial charge in [-0.25, -0.2) is 14.6 Å².